The molecule has 8 heteroatoms. The molecule has 3 aromatic carbocycles. The van der Waals surface area contributed by atoms with Gasteiger partial charge >= 0.3 is 0 Å². The van der Waals surface area contributed by atoms with E-state index in [1.165, 1.54) is 19.2 Å². The van der Waals surface area contributed by atoms with Gasteiger partial charge in [-0.25, -0.2) is 0 Å². The number of piperazine rings is 1. The second-order valence-electron chi connectivity index (χ2n) is 7.62. The molecule has 1 fully saturated rings. The van der Waals surface area contributed by atoms with E-state index in [4.69, 9.17) is 27.9 Å². The highest BCUT2D eigenvalue weighted by atomic mass is 35.5. The second kappa shape index (κ2) is 10.1. The van der Waals surface area contributed by atoms with E-state index in [-0.39, 0.29) is 21.9 Å². The number of halogens is 2. The van der Waals surface area contributed by atoms with Crippen molar-refractivity contribution in [1.29, 1.82) is 0 Å². The van der Waals surface area contributed by atoms with Gasteiger partial charge in [0.25, 0.3) is 11.8 Å². The fourth-order valence-corrected chi connectivity index (χ4v) is 4.42. The normalized spacial score (nSPS) is 13.5. The highest BCUT2D eigenvalue weighted by Crippen LogP contribution is 2.34. The van der Waals surface area contributed by atoms with Gasteiger partial charge in [0.05, 0.1) is 17.2 Å². The number of hydrogen-bond donors (Lipinski definition) is 1. The minimum Gasteiger partial charge on any atom is -0.494 e. The topological polar surface area (TPSA) is 61.9 Å². The van der Waals surface area contributed by atoms with Crippen LogP contribution in [0.15, 0.2) is 66.7 Å². The maximum Gasteiger partial charge on any atom is 0.255 e. The van der Waals surface area contributed by atoms with Gasteiger partial charge in [-0.2, -0.15) is 0 Å². The summed E-state index contributed by atoms with van der Waals surface area (Å²) in [5, 5.41) is 3.40. The van der Waals surface area contributed by atoms with Crippen molar-refractivity contribution in [2.24, 2.45) is 0 Å². The van der Waals surface area contributed by atoms with Gasteiger partial charge in [-0.3, -0.25) is 9.59 Å². The van der Waals surface area contributed by atoms with Crippen LogP contribution in [-0.4, -0.2) is 50.0 Å². The molecule has 0 atom stereocenters. The van der Waals surface area contributed by atoms with Gasteiger partial charge in [-0.05, 0) is 48.5 Å². The van der Waals surface area contributed by atoms with Crippen LogP contribution < -0.4 is 15.0 Å². The summed E-state index contributed by atoms with van der Waals surface area (Å²) in [7, 11) is 1.47. The summed E-state index contributed by atoms with van der Waals surface area (Å²) in [5.41, 5.74) is 2.75. The predicted molar refractivity (Wildman–Crippen MR) is 132 cm³/mol. The van der Waals surface area contributed by atoms with E-state index in [0.717, 1.165) is 18.8 Å². The highest BCUT2D eigenvalue weighted by molar-refractivity contribution is 6.37. The average Bonchev–Trinajstić information content (AvgIpc) is 2.84. The van der Waals surface area contributed by atoms with Gasteiger partial charge in [-0.1, -0.05) is 41.4 Å². The van der Waals surface area contributed by atoms with Crippen LogP contribution in [0.1, 0.15) is 20.7 Å². The van der Waals surface area contributed by atoms with E-state index < -0.39 is 0 Å². The number of carbonyl (C=O) groups is 2. The molecule has 0 radical (unpaired) electrons. The largest absolute Gasteiger partial charge is 0.494 e. The Bertz CT molecular complexity index is 1120. The zero-order valence-corrected chi connectivity index (χ0v) is 19.6. The first-order valence-corrected chi connectivity index (χ1v) is 11.3. The maximum absolute atomic E-state index is 12.6. The van der Waals surface area contributed by atoms with Crippen LogP contribution in [0.2, 0.25) is 10.0 Å². The lowest BCUT2D eigenvalue weighted by atomic mass is 10.1. The lowest BCUT2D eigenvalue weighted by molar-refractivity contribution is 0.0746. The molecule has 0 unspecified atom stereocenters. The average molecular weight is 484 g/mol. The number of benzene rings is 3. The summed E-state index contributed by atoms with van der Waals surface area (Å²) in [6.45, 7) is 2.80. The quantitative estimate of drug-likeness (QED) is 0.540. The third kappa shape index (κ3) is 5.24. The molecule has 1 N–H and O–H groups in total. The summed E-state index contributed by atoms with van der Waals surface area (Å²) < 4.78 is 5.12. The molecule has 4 rings (SSSR count). The zero-order valence-electron chi connectivity index (χ0n) is 18.1. The van der Waals surface area contributed by atoms with Gasteiger partial charge in [0, 0.05) is 48.7 Å². The highest BCUT2D eigenvalue weighted by Gasteiger charge is 2.22. The molecule has 0 aliphatic carbocycles. The number of carbonyl (C=O) groups excluding carboxylic acids is 2. The number of ether oxygens (including phenoxy) is 1. The van der Waals surface area contributed by atoms with E-state index in [2.05, 4.69) is 10.2 Å². The molecule has 33 heavy (non-hydrogen) atoms. The Morgan fingerprint density at radius 3 is 2.03 bits per heavy atom. The lowest BCUT2D eigenvalue weighted by Crippen LogP contribution is -2.48. The Morgan fingerprint density at radius 1 is 0.848 bits per heavy atom. The molecule has 1 heterocycles. The molecule has 1 saturated heterocycles. The molecule has 1 aliphatic rings. The second-order valence-corrected chi connectivity index (χ2v) is 8.43. The molecule has 0 spiro atoms. The minimum absolute atomic E-state index is 0.0621. The van der Waals surface area contributed by atoms with Gasteiger partial charge in [0.1, 0.15) is 0 Å². The third-order valence-electron chi connectivity index (χ3n) is 5.54. The van der Waals surface area contributed by atoms with Crippen LogP contribution in [-0.2, 0) is 0 Å². The number of methoxy groups -OCH3 is 1. The first-order chi connectivity index (χ1) is 16.0. The monoisotopic (exact) mass is 483 g/mol. The van der Waals surface area contributed by atoms with Crippen LogP contribution in [0.4, 0.5) is 11.4 Å². The Kier molecular flexibility index (Phi) is 7.06. The Morgan fingerprint density at radius 2 is 1.45 bits per heavy atom. The fraction of sp³-hybridized carbons (Fsp3) is 0.200. The van der Waals surface area contributed by atoms with Crippen LogP contribution in [0, 0.1) is 0 Å². The van der Waals surface area contributed by atoms with Crippen molar-refractivity contribution in [2.45, 2.75) is 0 Å². The number of anilines is 2. The Hall–Kier alpha value is -3.22. The lowest BCUT2D eigenvalue weighted by Gasteiger charge is -2.36. The molecule has 6 nitrogen and oxygen atoms in total. The van der Waals surface area contributed by atoms with Crippen LogP contribution in [0.25, 0.3) is 0 Å². The maximum atomic E-state index is 12.6. The molecular weight excluding hydrogens is 461 g/mol. The Balaban J connectivity index is 1.35. The molecule has 3 aromatic rings. The number of amides is 2. The number of hydrogen-bond acceptors (Lipinski definition) is 4. The van der Waals surface area contributed by atoms with Crippen LogP contribution >= 0.6 is 23.2 Å². The van der Waals surface area contributed by atoms with Crippen LogP contribution in [0.3, 0.4) is 0 Å². The van der Waals surface area contributed by atoms with Crippen LogP contribution in [0.5, 0.6) is 5.75 Å². The smallest absolute Gasteiger partial charge is 0.255 e. The number of rotatable bonds is 5. The molecule has 1 aliphatic heterocycles. The van der Waals surface area contributed by atoms with E-state index >= 15 is 0 Å². The van der Waals surface area contributed by atoms with Gasteiger partial charge in [0.2, 0.25) is 0 Å². The first-order valence-electron chi connectivity index (χ1n) is 10.5. The van der Waals surface area contributed by atoms with E-state index in [0.29, 0.717) is 35.7 Å². The molecule has 170 valence electrons. The zero-order chi connectivity index (χ0) is 23.4. The van der Waals surface area contributed by atoms with Crippen molar-refractivity contribution in [3.63, 3.8) is 0 Å². The number of nitrogens with one attached hydrogen (secondary N) is 1. The van der Waals surface area contributed by atoms with E-state index in [9.17, 15) is 9.59 Å². The molecular formula is C25H23Cl2N3O3. The van der Waals surface area contributed by atoms with Gasteiger partial charge < -0.3 is 19.9 Å². The molecule has 0 saturated carbocycles. The SMILES string of the molecule is COc1c(Cl)cc(C(=O)Nc2ccc(N3CCN(C(=O)c4ccccc4)CC3)cc2)cc1Cl. The van der Waals surface area contributed by atoms with E-state index in [1.807, 2.05) is 59.5 Å². The standard InChI is InChI=1S/C25H23Cl2N3O3/c1-33-23-21(26)15-18(16-22(23)27)24(31)28-19-7-9-20(10-8-19)29-11-13-30(14-12-29)25(32)17-5-3-2-4-6-17/h2-10,15-16H,11-14H2,1H3,(H,28,31). The number of nitrogens with zero attached hydrogens (tertiary/aromatic N) is 2. The molecule has 2 amide bonds. The summed E-state index contributed by atoms with van der Waals surface area (Å²) >= 11 is 12.3. The van der Waals surface area contributed by atoms with Crippen molar-refractivity contribution in [2.75, 3.05) is 43.5 Å². The Labute approximate surface area is 202 Å². The summed E-state index contributed by atoms with van der Waals surface area (Å²) in [4.78, 5) is 29.3. The predicted octanol–water partition coefficient (Wildman–Crippen LogP) is 5.22. The van der Waals surface area contributed by atoms with Crippen molar-refractivity contribution < 1.29 is 14.3 Å². The van der Waals surface area contributed by atoms with Crippen molar-refractivity contribution in [3.8, 4) is 5.75 Å². The summed E-state index contributed by atoms with van der Waals surface area (Å²) in [6.07, 6.45) is 0. The fourth-order valence-electron chi connectivity index (χ4n) is 3.78. The minimum atomic E-state index is -0.317. The molecule has 0 aromatic heterocycles. The van der Waals surface area contributed by atoms with Gasteiger partial charge in [-0.15, -0.1) is 0 Å². The summed E-state index contributed by atoms with van der Waals surface area (Å²) in [6, 6.07) is 20.0. The van der Waals surface area contributed by atoms with Gasteiger partial charge in [0.15, 0.2) is 5.75 Å². The molecule has 0 bridgehead atoms. The van der Waals surface area contributed by atoms with E-state index in [1.54, 1.807) is 0 Å². The third-order valence-corrected chi connectivity index (χ3v) is 6.10. The first kappa shape index (κ1) is 23.0. The summed E-state index contributed by atoms with van der Waals surface area (Å²) in [5.74, 6) is 0.0825. The van der Waals surface area contributed by atoms with Crippen molar-refractivity contribution >= 4 is 46.4 Å². The van der Waals surface area contributed by atoms with Crippen molar-refractivity contribution in [3.05, 3.63) is 87.9 Å². The van der Waals surface area contributed by atoms with Crippen molar-refractivity contribution in [1.82, 2.24) is 4.90 Å².